The van der Waals surface area contributed by atoms with Crippen LogP contribution in [0.1, 0.15) is 32.3 Å². The zero-order valence-electron chi connectivity index (χ0n) is 15.7. The van der Waals surface area contributed by atoms with Crippen LogP contribution in [0.25, 0.3) is 11.1 Å². The minimum absolute atomic E-state index is 0.184. The molecule has 8 heteroatoms. The van der Waals surface area contributed by atoms with Crippen molar-refractivity contribution in [2.45, 2.75) is 46.2 Å². The molecule has 146 valence electrons. The van der Waals surface area contributed by atoms with E-state index in [0.717, 1.165) is 18.4 Å². The average Bonchev–Trinajstić information content (AvgIpc) is 2.93. The lowest BCUT2D eigenvalue weighted by Crippen LogP contribution is -2.27. The van der Waals surface area contributed by atoms with Crippen molar-refractivity contribution in [3.05, 3.63) is 33.1 Å². The molecule has 0 aliphatic carbocycles. The number of carbonyl (C=O) groups is 1. The number of nitrogens with zero attached hydrogens (tertiary/aromatic N) is 2. The first kappa shape index (κ1) is 19.4. The molecular formula is C19H23ClN2O5. The molecular weight excluding hydrogens is 372 g/mol. The van der Waals surface area contributed by atoms with Gasteiger partial charge in [-0.05, 0) is 43.9 Å². The van der Waals surface area contributed by atoms with Gasteiger partial charge in [0.1, 0.15) is 11.3 Å². The van der Waals surface area contributed by atoms with Crippen molar-refractivity contribution in [3.8, 4) is 22.8 Å². The molecule has 27 heavy (non-hydrogen) atoms. The maximum Gasteiger partial charge on any atom is 0.515 e. The standard InChI is InChI=1S/C19H23ClN2O5/c1-4-12-10-13(20)11-14(25-3)15(12)16-17(23)21-8-6-7-9-22(21)18(16)27-19(24)26-5-2/h10-11H,4-9H2,1-3H3. The summed E-state index contributed by atoms with van der Waals surface area (Å²) in [6.07, 6.45) is 1.58. The molecule has 0 fully saturated rings. The lowest BCUT2D eigenvalue weighted by molar-refractivity contribution is 0.0990. The van der Waals surface area contributed by atoms with E-state index >= 15 is 0 Å². The molecule has 3 rings (SSSR count). The number of aromatic nitrogens is 2. The maximum atomic E-state index is 13.2. The summed E-state index contributed by atoms with van der Waals surface area (Å²) < 4.78 is 19.2. The summed E-state index contributed by atoms with van der Waals surface area (Å²) in [5.41, 5.74) is 1.52. The molecule has 0 spiro atoms. The molecule has 1 aromatic heterocycles. The fourth-order valence-corrected chi connectivity index (χ4v) is 3.67. The number of fused-ring (bicyclic) bond motifs is 1. The number of aryl methyl sites for hydroxylation is 1. The van der Waals surface area contributed by atoms with Gasteiger partial charge in [-0.3, -0.25) is 9.48 Å². The van der Waals surface area contributed by atoms with Crippen LogP contribution in [0.15, 0.2) is 16.9 Å². The summed E-state index contributed by atoms with van der Waals surface area (Å²) in [5.74, 6) is 0.655. The highest BCUT2D eigenvalue weighted by Crippen LogP contribution is 2.40. The lowest BCUT2D eigenvalue weighted by atomic mass is 9.98. The SMILES string of the molecule is CCOC(=O)Oc1c(-c2c(CC)cc(Cl)cc2OC)c(=O)n2n1CCCC2. The largest absolute Gasteiger partial charge is 0.515 e. The van der Waals surface area contributed by atoms with Gasteiger partial charge in [-0.1, -0.05) is 18.5 Å². The van der Waals surface area contributed by atoms with E-state index < -0.39 is 6.16 Å². The molecule has 0 saturated heterocycles. The van der Waals surface area contributed by atoms with Crippen LogP contribution in [-0.4, -0.2) is 29.2 Å². The second-order valence-corrected chi connectivity index (χ2v) is 6.66. The fourth-order valence-electron chi connectivity index (χ4n) is 3.44. The number of benzene rings is 1. The molecule has 2 aromatic rings. The average molecular weight is 395 g/mol. The Bertz CT molecular complexity index is 891. The summed E-state index contributed by atoms with van der Waals surface area (Å²) in [6, 6.07) is 3.46. The van der Waals surface area contributed by atoms with Crippen molar-refractivity contribution < 1.29 is 19.0 Å². The van der Waals surface area contributed by atoms with Crippen LogP contribution in [0.3, 0.4) is 0 Å². The van der Waals surface area contributed by atoms with E-state index in [1.165, 1.54) is 7.11 Å². The van der Waals surface area contributed by atoms with Gasteiger partial charge in [-0.2, -0.15) is 0 Å². The summed E-state index contributed by atoms with van der Waals surface area (Å²) in [7, 11) is 1.52. The van der Waals surface area contributed by atoms with Gasteiger partial charge in [0.25, 0.3) is 5.56 Å². The molecule has 0 radical (unpaired) electrons. The molecule has 1 aliphatic rings. The molecule has 0 atom stereocenters. The highest BCUT2D eigenvalue weighted by atomic mass is 35.5. The number of rotatable bonds is 5. The quantitative estimate of drug-likeness (QED) is 0.720. The van der Waals surface area contributed by atoms with Crippen LogP contribution in [0.5, 0.6) is 11.6 Å². The van der Waals surface area contributed by atoms with Crippen molar-refractivity contribution >= 4 is 17.8 Å². The Morgan fingerprint density at radius 3 is 2.48 bits per heavy atom. The van der Waals surface area contributed by atoms with Gasteiger partial charge in [-0.15, -0.1) is 0 Å². The lowest BCUT2D eigenvalue weighted by Gasteiger charge is -2.19. The van der Waals surface area contributed by atoms with Crippen molar-refractivity contribution in [1.29, 1.82) is 0 Å². The second-order valence-electron chi connectivity index (χ2n) is 6.22. The third kappa shape index (κ3) is 3.56. The van der Waals surface area contributed by atoms with Crippen LogP contribution in [0, 0.1) is 0 Å². The summed E-state index contributed by atoms with van der Waals surface area (Å²) in [5, 5.41) is 0.518. The zero-order valence-corrected chi connectivity index (χ0v) is 16.5. The van der Waals surface area contributed by atoms with E-state index in [9.17, 15) is 9.59 Å². The van der Waals surface area contributed by atoms with Gasteiger partial charge in [0.05, 0.1) is 13.7 Å². The van der Waals surface area contributed by atoms with Gasteiger partial charge in [-0.25, -0.2) is 9.48 Å². The summed E-state index contributed by atoms with van der Waals surface area (Å²) >= 11 is 6.20. The van der Waals surface area contributed by atoms with Crippen molar-refractivity contribution in [3.63, 3.8) is 0 Å². The molecule has 0 N–H and O–H groups in total. The van der Waals surface area contributed by atoms with Crippen molar-refractivity contribution in [2.75, 3.05) is 13.7 Å². The van der Waals surface area contributed by atoms with E-state index in [1.54, 1.807) is 28.4 Å². The van der Waals surface area contributed by atoms with Crippen LogP contribution >= 0.6 is 11.6 Å². The van der Waals surface area contributed by atoms with Crippen LogP contribution < -0.4 is 15.0 Å². The minimum Gasteiger partial charge on any atom is -0.496 e. The van der Waals surface area contributed by atoms with Crippen LogP contribution in [-0.2, 0) is 24.2 Å². The molecule has 7 nitrogen and oxygen atoms in total. The third-order valence-electron chi connectivity index (χ3n) is 4.62. The zero-order chi connectivity index (χ0) is 19.6. The number of methoxy groups -OCH3 is 1. The first-order valence-corrected chi connectivity index (χ1v) is 9.44. The van der Waals surface area contributed by atoms with E-state index in [2.05, 4.69) is 0 Å². The smallest absolute Gasteiger partial charge is 0.496 e. The Morgan fingerprint density at radius 1 is 1.15 bits per heavy atom. The molecule has 1 aliphatic heterocycles. The second kappa shape index (κ2) is 8.08. The van der Waals surface area contributed by atoms with Gasteiger partial charge < -0.3 is 14.2 Å². The third-order valence-corrected chi connectivity index (χ3v) is 4.84. The summed E-state index contributed by atoms with van der Waals surface area (Å²) in [6.45, 7) is 5.00. The Hall–Kier alpha value is -2.41. The maximum absolute atomic E-state index is 13.2. The Balaban J connectivity index is 2.29. The molecule has 0 amide bonds. The van der Waals surface area contributed by atoms with E-state index in [0.29, 0.717) is 41.4 Å². The highest BCUT2D eigenvalue weighted by Gasteiger charge is 2.30. The van der Waals surface area contributed by atoms with E-state index in [1.807, 2.05) is 6.92 Å². The number of hydrogen-bond acceptors (Lipinski definition) is 5. The number of carbonyl (C=O) groups excluding carboxylic acids is 1. The van der Waals surface area contributed by atoms with E-state index in [-0.39, 0.29) is 18.0 Å². The Labute approximate surface area is 162 Å². The predicted molar refractivity (Wildman–Crippen MR) is 102 cm³/mol. The summed E-state index contributed by atoms with van der Waals surface area (Å²) in [4.78, 5) is 25.2. The highest BCUT2D eigenvalue weighted by molar-refractivity contribution is 6.31. The van der Waals surface area contributed by atoms with Crippen LogP contribution in [0.4, 0.5) is 4.79 Å². The van der Waals surface area contributed by atoms with Crippen molar-refractivity contribution in [1.82, 2.24) is 9.36 Å². The Kier molecular flexibility index (Phi) is 5.79. The molecule has 0 saturated carbocycles. The molecule has 1 aromatic carbocycles. The van der Waals surface area contributed by atoms with E-state index in [4.69, 9.17) is 25.8 Å². The first-order valence-electron chi connectivity index (χ1n) is 9.06. The van der Waals surface area contributed by atoms with Crippen LogP contribution in [0.2, 0.25) is 5.02 Å². The van der Waals surface area contributed by atoms with Gasteiger partial charge >= 0.3 is 6.16 Å². The number of ether oxygens (including phenoxy) is 3. The van der Waals surface area contributed by atoms with Crippen molar-refractivity contribution in [2.24, 2.45) is 0 Å². The predicted octanol–water partition coefficient (Wildman–Crippen LogP) is 3.87. The molecule has 2 heterocycles. The minimum atomic E-state index is -0.837. The Morgan fingerprint density at radius 2 is 1.85 bits per heavy atom. The fraction of sp³-hybridized carbons (Fsp3) is 0.474. The number of halogens is 1. The van der Waals surface area contributed by atoms with Gasteiger partial charge in [0, 0.05) is 23.7 Å². The number of hydrogen-bond donors (Lipinski definition) is 0. The monoisotopic (exact) mass is 394 g/mol. The topological polar surface area (TPSA) is 71.7 Å². The van der Waals surface area contributed by atoms with Gasteiger partial charge in [0.2, 0.25) is 5.88 Å². The molecule has 0 bridgehead atoms. The van der Waals surface area contributed by atoms with Gasteiger partial charge in [0.15, 0.2) is 0 Å². The normalized spacial score (nSPS) is 13.2. The molecule has 0 unspecified atom stereocenters. The first-order chi connectivity index (χ1) is 13.0.